The van der Waals surface area contributed by atoms with Gasteiger partial charge in [-0.2, -0.15) is 0 Å². The Morgan fingerprint density at radius 2 is 2.38 bits per heavy atom. The highest BCUT2D eigenvalue weighted by molar-refractivity contribution is 4.96. The fourth-order valence-corrected chi connectivity index (χ4v) is 0.284. The standard InChI is InChI=1S/C6H10FN/c1-3-6(7)5(2)4-8/h1,5-6H,4,8H2,2H3. The molecule has 0 radical (unpaired) electrons. The summed E-state index contributed by atoms with van der Waals surface area (Å²) in [6.45, 7) is 2.00. The summed E-state index contributed by atoms with van der Waals surface area (Å²) in [5, 5.41) is 0. The van der Waals surface area contributed by atoms with E-state index < -0.39 is 6.17 Å². The second-order valence-corrected chi connectivity index (χ2v) is 1.78. The molecule has 0 heterocycles. The molecule has 0 fully saturated rings. The van der Waals surface area contributed by atoms with E-state index in [9.17, 15) is 4.39 Å². The number of terminal acetylenes is 1. The van der Waals surface area contributed by atoms with Crippen molar-refractivity contribution in [2.45, 2.75) is 13.1 Å². The minimum atomic E-state index is -1.18. The zero-order chi connectivity index (χ0) is 6.57. The second kappa shape index (κ2) is 3.45. The summed E-state index contributed by atoms with van der Waals surface area (Å²) in [6, 6.07) is 0. The number of rotatable bonds is 2. The van der Waals surface area contributed by atoms with E-state index in [4.69, 9.17) is 12.2 Å². The van der Waals surface area contributed by atoms with Crippen LogP contribution in [0.2, 0.25) is 0 Å². The van der Waals surface area contributed by atoms with Gasteiger partial charge in [-0.15, -0.1) is 6.42 Å². The predicted molar refractivity (Wildman–Crippen MR) is 31.9 cm³/mol. The number of halogens is 1. The van der Waals surface area contributed by atoms with Gasteiger partial charge in [0.2, 0.25) is 0 Å². The highest BCUT2D eigenvalue weighted by atomic mass is 19.1. The second-order valence-electron chi connectivity index (χ2n) is 1.78. The first-order valence-electron chi connectivity index (χ1n) is 2.52. The fourth-order valence-electron chi connectivity index (χ4n) is 0.284. The van der Waals surface area contributed by atoms with Crippen molar-refractivity contribution in [1.82, 2.24) is 0 Å². The van der Waals surface area contributed by atoms with Gasteiger partial charge in [0, 0.05) is 5.92 Å². The molecule has 8 heavy (non-hydrogen) atoms. The molecule has 1 nitrogen and oxygen atoms in total. The summed E-state index contributed by atoms with van der Waals surface area (Å²) in [7, 11) is 0. The van der Waals surface area contributed by atoms with E-state index in [1.165, 1.54) is 0 Å². The van der Waals surface area contributed by atoms with Gasteiger partial charge in [0.1, 0.15) is 0 Å². The molecule has 0 aliphatic heterocycles. The first-order chi connectivity index (χ1) is 3.72. The molecule has 0 saturated heterocycles. The van der Waals surface area contributed by atoms with Gasteiger partial charge >= 0.3 is 0 Å². The van der Waals surface area contributed by atoms with E-state index in [1.54, 1.807) is 6.92 Å². The van der Waals surface area contributed by atoms with Gasteiger partial charge < -0.3 is 5.73 Å². The largest absolute Gasteiger partial charge is 0.330 e. The Kier molecular flexibility index (Phi) is 3.21. The van der Waals surface area contributed by atoms with Crippen molar-refractivity contribution in [3.63, 3.8) is 0 Å². The molecular weight excluding hydrogens is 105 g/mol. The summed E-state index contributed by atoms with van der Waals surface area (Å²) in [5.41, 5.74) is 5.11. The Morgan fingerprint density at radius 1 is 1.88 bits per heavy atom. The molecule has 0 spiro atoms. The van der Waals surface area contributed by atoms with E-state index in [0.29, 0.717) is 6.54 Å². The summed E-state index contributed by atoms with van der Waals surface area (Å²) in [4.78, 5) is 0. The lowest BCUT2D eigenvalue weighted by molar-refractivity contribution is 0.314. The number of nitrogens with two attached hydrogens (primary N) is 1. The molecule has 0 aromatic rings. The van der Waals surface area contributed by atoms with Crippen LogP contribution in [0, 0.1) is 18.3 Å². The molecule has 0 bridgehead atoms. The monoisotopic (exact) mass is 115 g/mol. The van der Waals surface area contributed by atoms with Crippen molar-refractivity contribution in [2.75, 3.05) is 6.54 Å². The lowest BCUT2D eigenvalue weighted by atomic mass is 10.1. The molecule has 0 aromatic heterocycles. The molecule has 2 unspecified atom stereocenters. The maximum absolute atomic E-state index is 12.2. The fraction of sp³-hybridized carbons (Fsp3) is 0.667. The molecule has 46 valence electrons. The number of hydrogen-bond acceptors (Lipinski definition) is 1. The van der Waals surface area contributed by atoms with Crippen LogP contribution in [0.15, 0.2) is 0 Å². The molecule has 2 N–H and O–H groups in total. The highest BCUT2D eigenvalue weighted by Crippen LogP contribution is 2.02. The molecule has 0 aliphatic carbocycles. The lowest BCUT2D eigenvalue weighted by Crippen LogP contribution is -2.19. The van der Waals surface area contributed by atoms with Crippen LogP contribution < -0.4 is 5.73 Å². The summed E-state index contributed by atoms with van der Waals surface area (Å²) in [6.07, 6.45) is 3.59. The summed E-state index contributed by atoms with van der Waals surface area (Å²) in [5.74, 6) is 1.76. The van der Waals surface area contributed by atoms with Gasteiger partial charge in [-0.05, 0) is 6.54 Å². The number of hydrogen-bond donors (Lipinski definition) is 1. The van der Waals surface area contributed by atoms with Crippen LogP contribution in [0.25, 0.3) is 0 Å². The van der Waals surface area contributed by atoms with Crippen LogP contribution >= 0.6 is 0 Å². The minimum Gasteiger partial charge on any atom is -0.330 e. The maximum Gasteiger partial charge on any atom is 0.164 e. The number of alkyl halides is 1. The van der Waals surface area contributed by atoms with Gasteiger partial charge in [0.15, 0.2) is 6.17 Å². The molecule has 2 heteroatoms. The first-order valence-corrected chi connectivity index (χ1v) is 2.52. The molecule has 0 amide bonds. The van der Waals surface area contributed by atoms with Crippen molar-refractivity contribution in [2.24, 2.45) is 11.7 Å². The molecule has 0 aromatic carbocycles. The van der Waals surface area contributed by atoms with Crippen molar-refractivity contribution >= 4 is 0 Å². The maximum atomic E-state index is 12.2. The molecule has 0 rings (SSSR count). The lowest BCUT2D eigenvalue weighted by Gasteiger charge is -2.06. The van der Waals surface area contributed by atoms with Crippen molar-refractivity contribution < 1.29 is 4.39 Å². The first kappa shape index (κ1) is 7.45. The van der Waals surface area contributed by atoms with Gasteiger partial charge in [0.25, 0.3) is 0 Å². The molecular formula is C6H10FN. The zero-order valence-corrected chi connectivity index (χ0v) is 4.89. The van der Waals surface area contributed by atoms with Gasteiger partial charge in [-0.3, -0.25) is 0 Å². The van der Waals surface area contributed by atoms with Crippen molar-refractivity contribution in [1.29, 1.82) is 0 Å². The summed E-state index contributed by atoms with van der Waals surface area (Å²) >= 11 is 0. The van der Waals surface area contributed by atoms with Gasteiger partial charge in [0.05, 0.1) is 0 Å². The summed E-state index contributed by atoms with van der Waals surface area (Å²) < 4.78 is 12.2. The predicted octanol–water partition coefficient (Wildman–Crippen LogP) is 0.553. The van der Waals surface area contributed by atoms with E-state index >= 15 is 0 Å². The van der Waals surface area contributed by atoms with Crippen LogP contribution in [0.1, 0.15) is 6.92 Å². The Balaban J connectivity index is 3.49. The highest BCUT2D eigenvalue weighted by Gasteiger charge is 2.09. The third-order valence-corrected chi connectivity index (χ3v) is 1.03. The van der Waals surface area contributed by atoms with Gasteiger partial charge in [-0.1, -0.05) is 12.8 Å². The van der Waals surface area contributed by atoms with Crippen molar-refractivity contribution in [3.8, 4) is 12.3 Å². The van der Waals surface area contributed by atoms with Crippen LogP contribution in [-0.4, -0.2) is 12.7 Å². The van der Waals surface area contributed by atoms with E-state index in [0.717, 1.165) is 0 Å². The third kappa shape index (κ3) is 1.94. The average Bonchev–Trinajstić information content (AvgIpc) is 1.84. The molecule has 2 atom stereocenters. The third-order valence-electron chi connectivity index (χ3n) is 1.03. The molecule has 0 saturated carbocycles. The normalized spacial score (nSPS) is 16.8. The van der Waals surface area contributed by atoms with Crippen LogP contribution in [0.4, 0.5) is 4.39 Å². The smallest absolute Gasteiger partial charge is 0.164 e. The molecule has 0 aliphatic rings. The Hall–Kier alpha value is -0.550. The van der Waals surface area contributed by atoms with Crippen LogP contribution in [-0.2, 0) is 0 Å². The van der Waals surface area contributed by atoms with Crippen LogP contribution in [0.3, 0.4) is 0 Å². The Morgan fingerprint density at radius 3 is 2.50 bits per heavy atom. The minimum absolute atomic E-state index is 0.208. The average molecular weight is 115 g/mol. The quantitative estimate of drug-likeness (QED) is 0.522. The van der Waals surface area contributed by atoms with Gasteiger partial charge in [-0.25, -0.2) is 4.39 Å². The van der Waals surface area contributed by atoms with E-state index in [-0.39, 0.29) is 5.92 Å². The van der Waals surface area contributed by atoms with E-state index in [2.05, 4.69) is 0 Å². The Labute approximate surface area is 49.1 Å². The SMILES string of the molecule is C#CC(F)C(C)CN. The topological polar surface area (TPSA) is 26.0 Å². The van der Waals surface area contributed by atoms with Crippen molar-refractivity contribution in [3.05, 3.63) is 0 Å². The van der Waals surface area contributed by atoms with Crippen LogP contribution in [0.5, 0.6) is 0 Å². The zero-order valence-electron chi connectivity index (χ0n) is 4.89. The van der Waals surface area contributed by atoms with E-state index in [1.807, 2.05) is 5.92 Å². The Bertz CT molecular complexity index is 95.2.